The van der Waals surface area contributed by atoms with E-state index in [2.05, 4.69) is 5.32 Å². The van der Waals surface area contributed by atoms with E-state index in [1.807, 2.05) is 18.2 Å². The van der Waals surface area contributed by atoms with Gasteiger partial charge in [-0.3, -0.25) is 9.59 Å². The number of amides is 2. The molecule has 0 aromatic heterocycles. The summed E-state index contributed by atoms with van der Waals surface area (Å²) in [6.45, 7) is 0.0103. The number of hydrogen-bond acceptors (Lipinski definition) is 2. The molecule has 0 saturated heterocycles. The zero-order chi connectivity index (χ0) is 16.0. The van der Waals surface area contributed by atoms with Crippen LogP contribution in [0.3, 0.4) is 0 Å². The van der Waals surface area contributed by atoms with Gasteiger partial charge in [-0.1, -0.05) is 30.3 Å². The first-order valence-corrected chi connectivity index (χ1v) is 7.60. The second-order valence-electron chi connectivity index (χ2n) is 5.96. The number of nitrogens with zero attached hydrogens (tertiary/aromatic N) is 1. The normalized spacial score (nSPS) is 22.3. The maximum absolute atomic E-state index is 13.9. The molecule has 1 N–H and O–H groups in total. The molecule has 2 aromatic carbocycles. The highest BCUT2D eigenvalue weighted by molar-refractivity contribution is 6.11. The predicted molar refractivity (Wildman–Crippen MR) is 84.7 cm³/mol. The number of carbonyl (C=O) groups is 2. The molecule has 1 aliphatic carbocycles. The lowest BCUT2D eigenvalue weighted by Crippen LogP contribution is -2.43. The van der Waals surface area contributed by atoms with Gasteiger partial charge >= 0.3 is 0 Å². The zero-order valence-corrected chi connectivity index (χ0v) is 12.3. The van der Waals surface area contributed by atoms with E-state index in [-0.39, 0.29) is 36.0 Å². The summed E-state index contributed by atoms with van der Waals surface area (Å²) in [5.74, 6) is -0.947. The maximum atomic E-state index is 13.9. The van der Waals surface area contributed by atoms with Gasteiger partial charge in [-0.25, -0.2) is 4.39 Å². The lowest BCUT2D eigenvalue weighted by molar-refractivity contribution is -0.122. The number of fused-ring (bicyclic) bond motifs is 1. The van der Waals surface area contributed by atoms with Crippen LogP contribution in [0.25, 0.3) is 0 Å². The Labute approximate surface area is 132 Å². The fraction of sp³-hybridized carbons (Fsp3) is 0.222. The minimum Gasteiger partial charge on any atom is -0.323 e. The molecule has 4 rings (SSSR count). The average Bonchev–Trinajstić information content (AvgIpc) is 3.34. The largest absolute Gasteiger partial charge is 0.323 e. The number of rotatable bonds is 2. The highest BCUT2D eigenvalue weighted by Gasteiger charge is 2.48. The van der Waals surface area contributed by atoms with E-state index in [1.54, 1.807) is 24.3 Å². The maximum Gasteiger partial charge on any atom is 0.244 e. The molecule has 0 radical (unpaired) electrons. The third-order valence-corrected chi connectivity index (χ3v) is 4.45. The van der Waals surface area contributed by atoms with Gasteiger partial charge in [-0.15, -0.1) is 0 Å². The van der Waals surface area contributed by atoms with Gasteiger partial charge in [0, 0.05) is 5.92 Å². The summed E-state index contributed by atoms with van der Waals surface area (Å²) >= 11 is 0. The molecule has 23 heavy (non-hydrogen) atoms. The van der Waals surface area contributed by atoms with Crippen molar-refractivity contribution in [2.24, 2.45) is 5.92 Å². The number of benzene rings is 2. The number of nitrogens with one attached hydrogen (secondary N) is 1. The molecule has 5 heteroatoms. The third kappa shape index (κ3) is 2.38. The van der Waals surface area contributed by atoms with Crippen molar-refractivity contribution in [2.45, 2.75) is 12.3 Å². The Kier molecular flexibility index (Phi) is 3.15. The summed E-state index contributed by atoms with van der Waals surface area (Å²) in [6.07, 6.45) is 0.625. The Morgan fingerprint density at radius 3 is 2.70 bits per heavy atom. The third-order valence-electron chi connectivity index (χ3n) is 4.45. The zero-order valence-electron chi connectivity index (χ0n) is 12.3. The van der Waals surface area contributed by atoms with Gasteiger partial charge in [0.25, 0.3) is 0 Å². The van der Waals surface area contributed by atoms with Gasteiger partial charge in [0.2, 0.25) is 11.8 Å². The van der Waals surface area contributed by atoms with Crippen molar-refractivity contribution < 1.29 is 14.0 Å². The first kappa shape index (κ1) is 13.9. The van der Waals surface area contributed by atoms with Gasteiger partial charge in [0.05, 0.1) is 11.4 Å². The van der Waals surface area contributed by atoms with E-state index in [9.17, 15) is 14.0 Å². The highest BCUT2D eigenvalue weighted by Crippen LogP contribution is 2.50. The Bertz CT molecular complexity index is 805. The SMILES string of the molecule is O=C1CN(C(=O)C2CC2c2ccccc2F)c2ccccc2N1. The second kappa shape index (κ2) is 5.19. The average molecular weight is 310 g/mol. The number of halogens is 1. The summed E-state index contributed by atoms with van der Waals surface area (Å²) in [7, 11) is 0. The Hall–Kier alpha value is -2.69. The van der Waals surface area contributed by atoms with Crippen LogP contribution in [0.4, 0.5) is 15.8 Å². The topological polar surface area (TPSA) is 49.4 Å². The molecular weight excluding hydrogens is 295 g/mol. The Morgan fingerprint density at radius 1 is 1.13 bits per heavy atom. The van der Waals surface area contributed by atoms with Crippen LogP contribution in [0.5, 0.6) is 0 Å². The highest BCUT2D eigenvalue weighted by atomic mass is 19.1. The number of hydrogen-bond donors (Lipinski definition) is 1. The Morgan fingerprint density at radius 2 is 1.87 bits per heavy atom. The molecule has 2 aromatic rings. The molecule has 1 saturated carbocycles. The Balaban J connectivity index is 1.60. The molecule has 2 aliphatic rings. The molecule has 2 unspecified atom stereocenters. The predicted octanol–water partition coefficient (Wildman–Crippen LogP) is 2.91. The quantitative estimate of drug-likeness (QED) is 0.927. The summed E-state index contributed by atoms with van der Waals surface area (Å²) in [5.41, 5.74) is 1.93. The number of anilines is 2. The van der Waals surface area contributed by atoms with E-state index < -0.39 is 0 Å². The standard InChI is InChI=1S/C18H15FN2O2/c19-14-6-2-1-5-11(14)12-9-13(12)18(23)21-10-17(22)20-15-7-3-4-8-16(15)21/h1-8,12-13H,9-10H2,(H,20,22). The van der Waals surface area contributed by atoms with E-state index in [4.69, 9.17) is 0 Å². The second-order valence-corrected chi connectivity index (χ2v) is 5.96. The molecule has 1 heterocycles. The monoisotopic (exact) mass is 310 g/mol. The molecular formula is C18H15FN2O2. The van der Waals surface area contributed by atoms with Crippen LogP contribution in [0.1, 0.15) is 17.9 Å². The minimum atomic E-state index is -0.274. The molecule has 116 valence electrons. The summed E-state index contributed by atoms with van der Waals surface area (Å²) in [5, 5.41) is 2.76. The first-order valence-electron chi connectivity index (χ1n) is 7.60. The number of para-hydroxylation sites is 2. The van der Waals surface area contributed by atoms with Crippen molar-refractivity contribution >= 4 is 23.2 Å². The molecule has 1 fully saturated rings. The molecule has 0 bridgehead atoms. The molecule has 2 amide bonds. The summed E-state index contributed by atoms with van der Waals surface area (Å²) in [4.78, 5) is 26.1. The van der Waals surface area contributed by atoms with Gasteiger partial charge in [0.1, 0.15) is 12.4 Å². The van der Waals surface area contributed by atoms with Crippen LogP contribution in [-0.2, 0) is 9.59 Å². The fourth-order valence-electron chi connectivity index (χ4n) is 3.22. The molecule has 2 atom stereocenters. The van der Waals surface area contributed by atoms with Crippen molar-refractivity contribution in [1.82, 2.24) is 0 Å². The van der Waals surface area contributed by atoms with Crippen molar-refractivity contribution in [1.29, 1.82) is 0 Å². The smallest absolute Gasteiger partial charge is 0.244 e. The van der Waals surface area contributed by atoms with Crippen LogP contribution in [0.15, 0.2) is 48.5 Å². The number of carbonyl (C=O) groups excluding carboxylic acids is 2. The van der Waals surface area contributed by atoms with Gasteiger partial charge in [0.15, 0.2) is 0 Å². The lowest BCUT2D eigenvalue weighted by Gasteiger charge is -2.29. The van der Waals surface area contributed by atoms with Gasteiger partial charge in [-0.05, 0) is 36.1 Å². The van der Waals surface area contributed by atoms with E-state index in [0.29, 0.717) is 23.4 Å². The minimum absolute atomic E-state index is 0.0103. The van der Waals surface area contributed by atoms with E-state index >= 15 is 0 Å². The lowest BCUT2D eigenvalue weighted by atomic mass is 10.1. The van der Waals surface area contributed by atoms with Crippen molar-refractivity contribution in [2.75, 3.05) is 16.8 Å². The summed E-state index contributed by atoms with van der Waals surface area (Å²) < 4.78 is 13.9. The van der Waals surface area contributed by atoms with Crippen LogP contribution < -0.4 is 10.2 Å². The van der Waals surface area contributed by atoms with Crippen molar-refractivity contribution in [3.63, 3.8) is 0 Å². The molecule has 4 nitrogen and oxygen atoms in total. The van der Waals surface area contributed by atoms with Crippen LogP contribution in [0, 0.1) is 11.7 Å². The van der Waals surface area contributed by atoms with Crippen molar-refractivity contribution in [3.8, 4) is 0 Å². The van der Waals surface area contributed by atoms with Gasteiger partial charge < -0.3 is 10.2 Å². The van der Waals surface area contributed by atoms with E-state index in [1.165, 1.54) is 11.0 Å². The van der Waals surface area contributed by atoms with Crippen LogP contribution in [0.2, 0.25) is 0 Å². The van der Waals surface area contributed by atoms with Crippen molar-refractivity contribution in [3.05, 3.63) is 59.9 Å². The molecule has 0 spiro atoms. The first-order chi connectivity index (χ1) is 11.1. The van der Waals surface area contributed by atoms with E-state index in [0.717, 1.165) is 0 Å². The molecule has 1 aliphatic heterocycles. The summed E-state index contributed by atoms with van der Waals surface area (Å²) in [6, 6.07) is 13.8. The van der Waals surface area contributed by atoms with Crippen LogP contribution in [-0.4, -0.2) is 18.4 Å². The fourth-order valence-corrected chi connectivity index (χ4v) is 3.22. The van der Waals surface area contributed by atoms with Gasteiger partial charge in [-0.2, -0.15) is 0 Å². The van der Waals surface area contributed by atoms with Crippen LogP contribution >= 0.6 is 0 Å².